The van der Waals surface area contributed by atoms with E-state index >= 15 is 0 Å². The van der Waals surface area contributed by atoms with Crippen LogP contribution in [0.15, 0.2) is 18.2 Å². The predicted octanol–water partition coefficient (Wildman–Crippen LogP) is 0.484. The van der Waals surface area contributed by atoms with Gasteiger partial charge in [-0.1, -0.05) is 0 Å². The Morgan fingerprint density at radius 2 is 2.00 bits per heavy atom. The Hall–Kier alpha value is -2.62. The quantitative estimate of drug-likeness (QED) is 0.715. The highest BCUT2D eigenvalue weighted by Gasteiger charge is 2.54. The molecule has 1 spiro atoms. The fourth-order valence-corrected chi connectivity index (χ4v) is 5.51. The molecular weight excluding hydrogens is 412 g/mol. The molecule has 32 heavy (non-hydrogen) atoms. The number of hydrogen-bond donors (Lipinski definition) is 2. The van der Waals surface area contributed by atoms with Crippen LogP contribution in [0.25, 0.3) is 10.9 Å². The maximum atomic E-state index is 13.0. The zero-order valence-electron chi connectivity index (χ0n) is 18.6. The van der Waals surface area contributed by atoms with Crippen molar-refractivity contribution < 1.29 is 24.2 Å². The van der Waals surface area contributed by atoms with Crippen molar-refractivity contribution in [1.82, 2.24) is 19.7 Å². The average molecular weight is 443 g/mol. The number of nitrogens with one attached hydrogen (secondary N) is 1. The monoisotopic (exact) mass is 442 g/mol. The molecule has 172 valence electrons. The summed E-state index contributed by atoms with van der Waals surface area (Å²) in [5.74, 6) is 0.771. The molecule has 4 heterocycles. The maximum absolute atomic E-state index is 13.0. The number of aliphatic hydroxyl groups is 1. The van der Waals surface area contributed by atoms with Crippen LogP contribution in [-0.4, -0.2) is 103 Å². The number of hydrogen-bond acceptors (Lipinski definition) is 6. The molecule has 1 aromatic carbocycles. The van der Waals surface area contributed by atoms with Gasteiger partial charge in [-0.25, -0.2) is 0 Å². The van der Waals surface area contributed by atoms with Crippen molar-refractivity contribution >= 4 is 22.7 Å². The fraction of sp³-hybridized carbons (Fsp3) is 0.565. The van der Waals surface area contributed by atoms with E-state index in [2.05, 4.69) is 9.88 Å². The number of amides is 2. The summed E-state index contributed by atoms with van der Waals surface area (Å²) in [5.41, 5.74) is 2.54. The summed E-state index contributed by atoms with van der Waals surface area (Å²) in [6.45, 7) is 6.25. The third kappa shape index (κ3) is 3.35. The summed E-state index contributed by atoms with van der Waals surface area (Å²) in [7, 11) is 1.63. The molecule has 5 rings (SSSR count). The van der Waals surface area contributed by atoms with E-state index in [4.69, 9.17) is 9.47 Å². The first kappa shape index (κ1) is 21.2. The van der Waals surface area contributed by atoms with Gasteiger partial charge in [0.1, 0.15) is 5.75 Å². The van der Waals surface area contributed by atoms with Gasteiger partial charge in [0.2, 0.25) is 11.8 Å². The van der Waals surface area contributed by atoms with E-state index in [0.717, 1.165) is 41.0 Å². The molecule has 1 atom stereocenters. The number of aromatic amines is 1. The molecule has 0 saturated carbocycles. The predicted molar refractivity (Wildman–Crippen MR) is 118 cm³/mol. The normalized spacial score (nSPS) is 22.7. The fourth-order valence-electron chi connectivity index (χ4n) is 5.51. The van der Waals surface area contributed by atoms with Gasteiger partial charge >= 0.3 is 0 Å². The topological polar surface area (TPSA) is 98.3 Å². The zero-order valence-corrected chi connectivity index (χ0v) is 18.6. The van der Waals surface area contributed by atoms with Crippen molar-refractivity contribution in [3.8, 4) is 5.75 Å². The lowest BCUT2D eigenvalue weighted by Crippen LogP contribution is -2.68. The number of methoxy groups -OCH3 is 1. The number of aromatic nitrogens is 1. The molecule has 9 nitrogen and oxygen atoms in total. The number of carbonyl (C=O) groups is 2. The minimum absolute atomic E-state index is 0.0802. The van der Waals surface area contributed by atoms with Gasteiger partial charge in [0.15, 0.2) is 0 Å². The number of rotatable bonds is 4. The van der Waals surface area contributed by atoms with Crippen molar-refractivity contribution in [2.24, 2.45) is 0 Å². The number of likely N-dealkylation sites (tertiary alicyclic amines) is 1. The van der Waals surface area contributed by atoms with Crippen LogP contribution in [0, 0.1) is 0 Å². The summed E-state index contributed by atoms with van der Waals surface area (Å²) in [6.07, 6.45) is 0. The van der Waals surface area contributed by atoms with Crippen molar-refractivity contribution in [1.29, 1.82) is 0 Å². The summed E-state index contributed by atoms with van der Waals surface area (Å²) in [5, 5.41) is 11.2. The van der Waals surface area contributed by atoms with Crippen molar-refractivity contribution in [2.75, 3.05) is 66.2 Å². The Bertz CT molecular complexity index is 1040. The Morgan fingerprint density at radius 1 is 1.25 bits per heavy atom. The van der Waals surface area contributed by atoms with Crippen molar-refractivity contribution in [3.05, 3.63) is 29.5 Å². The van der Waals surface area contributed by atoms with Crippen LogP contribution in [0.2, 0.25) is 0 Å². The van der Waals surface area contributed by atoms with Crippen LogP contribution in [0.3, 0.4) is 0 Å². The average Bonchev–Trinajstić information content (AvgIpc) is 3.15. The second-order valence-corrected chi connectivity index (χ2v) is 9.09. The van der Waals surface area contributed by atoms with Crippen LogP contribution in [0.5, 0.6) is 5.75 Å². The lowest BCUT2D eigenvalue weighted by atomic mass is 9.68. The van der Waals surface area contributed by atoms with Gasteiger partial charge in [-0.2, -0.15) is 0 Å². The lowest BCUT2D eigenvalue weighted by molar-refractivity contribution is -0.146. The number of carbonyl (C=O) groups excluding carboxylic acids is 2. The molecule has 0 aliphatic carbocycles. The molecular formula is C23H30N4O5. The molecule has 0 bridgehead atoms. The molecule has 0 radical (unpaired) electrons. The summed E-state index contributed by atoms with van der Waals surface area (Å²) in [6, 6.07) is 5.47. The first-order chi connectivity index (χ1) is 15.5. The second-order valence-electron chi connectivity index (χ2n) is 9.09. The van der Waals surface area contributed by atoms with Crippen molar-refractivity contribution in [2.45, 2.75) is 18.4 Å². The number of fused-ring (bicyclic) bond motifs is 4. The Balaban J connectivity index is 1.47. The Kier molecular flexibility index (Phi) is 5.35. The van der Waals surface area contributed by atoms with Gasteiger partial charge < -0.3 is 29.4 Å². The third-order valence-corrected chi connectivity index (χ3v) is 7.13. The number of nitrogens with zero attached hydrogens (tertiary/aromatic N) is 3. The zero-order chi connectivity index (χ0) is 22.5. The molecule has 3 aliphatic rings. The van der Waals surface area contributed by atoms with Gasteiger partial charge in [-0.05, 0) is 17.7 Å². The third-order valence-electron chi connectivity index (χ3n) is 7.13. The lowest BCUT2D eigenvalue weighted by Gasteiger charge is -2.56. The van der Waals surface area contributed by atoms with E-state index < -0.39 is 6.04 Å². The summed E-state index contributed by atoms with van der Waals surface area (Å²) >= 11 is 0. The first-order valence-corrected chi connectivity index (χ1v) is 11.1. The van der Waals surface area contributed by atoms with E-state index in [1.54, 1.807) is 12.0 Å². The largest absolute Gasteiger partial charge is 0.497 e. The SMILES string of the molecule is COc1ccc2c3c([nH]c2c1)[C@@H](CO)N(C(C)=O)CC31CN(C(=O)CN2CCOCC2)C1. The number of ether oxygens (including phenoxy) is 2. The smallest absolute Gasteiger partial charge is 0.236 e. The minimum atomic E-state index is -0.426. The molecule has 2 N–H and O–H groups in total. The Morgan fingerprint density at radius 3 is 2.66 bits per heavy atom. The van der Waals surface area contributed by atoms with Crippen LogP contribution in [-0.2, 0) is 19.7 Å². The molecule has 1 aromatic heterocycles. The first-order valence-electron chi connectivity index (χ1n) is 11.1. The van der Waals surface area contributed by atoms with Crippen LogP contribution in [0.4, 0.5) is 0 Å². The van der Waals surface area contributed by atoms with Gasteiger partial charge in [0.25, 0.3) is 0 Å². The minimum Gasteiger partial charge on any atom is -0.497 e. The maximum Gasteiger partial charge on any atom is 0.236 e. The molecule has 2 aromatic rings. The van der Waals surface area contributed by atoms with Gasteiger partial charge in [0.05, 0.1) is 44.9 Å². The summed E-state index contributed by atoms with van der Waals surface area (Å²) in [4.78, 5) is 34.6. The molecule has 9 heteroatoms. The highest BCUT2D eigenvalue weighted by atomic mass is 16.5. The van der Waals surface area contributed by atoms with Crippen LogP contribution >= 0.6 is 0 Å². The van der Waals surface area contributed by atoms with E-state index in [1.165, 1.54) is 6.92 Å². The summed E-state index contributed by atoms with van der Waals surface area (Å²) < 4.78 is 10.8. The molecule has 3 aliphatic heterocycles. The Labute approximate surface area is 186 Å². The second kappa shape index (κ2) is 8.06. The molecule has 2 fully saturated rings. The van der Waals surface area contributed by atoms with E-state index in [1.807, 2.05) is 23.1 Å². The van der Waals surface area contributed by atoms with Gasteiger partial charge in [0, 0.05) is 62.3 Å². The van der Waals surface area contributed by atoms with Gasteiger partial charge in [-0.15, -0.1) is 0 Å². The van der Waals surface area contributed by atoms with E-state index in [0.29, 0.717) is 39.4 Å². The number of benzene rings is 1. The van der Waals surface area contributed by atoms with Crippen LogP contribution in [0.1, 0.15) is 24.2 Å². The molecule has 2 saturated heterocycles. The molecule has 2 amide bonds. The van der Waals surface area contributed by atoms with Crippen molar-refractivity contribution in [3.63, 3.8) is 0 Å². The van der Waals surface area contributed by atoms with Gasteiger partial charge in [-0.3, -0.25) is 14.5 Å². The molecule has 0 unspecified atom stereocenters. The van der Waals surface area contributed by atoms with Crippen LogP contribution < -0.4 is 4.74 Å². The number of aliphatic hydroxyl groups excluding tert-OH is 1. The van der Waals surface area contributed by atoms with E-state index in [9.17, 15) is 14.7 Å². The standard InChI is InChI=1S/C23H30N4O5/c1-15(29)27-14-23(12-26(13-23)20(30)10-25-5-7-32-8-6-25)21-17-4-3-16(31-2)9-18(17)24-22(21)19(27)11-28/h3-4,9,19,24,28H,5-8,10-14H2,1-2H3/t19-/m1/s1. The van der Waals surface area contributed by atoms with E-state index in [-0.39, 0.29) is 23.8 Å². The number of H-pyrrole nitrogens is 1. The number of morpholine rings is 1. The highest BCUT2D eigenvalue weighted by Crippen LogP contribution is 2.48. The highest BCUT2D eigenvalue weighted by molar-refractivity contribution is 5.90.